The van der Waals surface area contributed by atoms with Crippen LogP contribution in [-0.2, 0) is 11.3 Å². The maximum atomic E-state index is 12.9. The molecule has 0 radical (unpaired) electrons. The summed E-state index contributed by atoms with van der Waals surface area (Å²) in [5, 5.41) is 13.8. The van der Waals surface area contributed by atoms with Crippen LogP contribution in [0, 0.1) is 5.82 Å². The first-order chi connectivity index (χ1) is 9.01. The predicted octanol–water partition coefficient (Wildman–Crippen LogP) is 1.88. The highest BCUT2D eigenvalue weighted by Crippen LogP contribution is 2.03. The van der Waals surface area contributed by atoms with Crippen LogP contribution in [0.2, 0.25) is 0 Å². The van der Waals surface area contributed by atoms with Gasteiger partial charge < -0.3 is 15.7 Å². The number of hydrogen-bond acceptors (Lipinski definition) is 2. The molecule has 1 atom stereocenters. The van der Waals surface area contributed by atoms with E-state index in [2.05, 4.69) is 10.6 Å². The minimum absolute atomic E-state index is 0.121. The van der Waals surface area contributed by atoms with Gasteiger partial charge in [0.2, 0.25) is 0 Å². The second-order valence-electron chi connectivity index (χ2n) is 4.16. The van der Waals surface area contributed by atoms with Crippen molar-refractivity contribution in [2.75, 3.05) is 0 Å². The minimum atomic E-state index is -0.961. The Kier molecular flexibility index (Phi) is 5.78. The van der Waals surface area contributed by atoms with Gasteiger partial charge in [0.25, 0.3) is 0 Å². The molecular formula is C13H17FN2O3. The van der Waals surface area contributed by atoms with Crippen LogP contribution < -0.4 is 10.6 Å². The van der Waals surface area contributed by atoms with Crippen LogP contribution >= 0.6 is 0 Å². The molecule has 0 fully saturated rings. The van der Waals surface area contributed by atoms with Crippen molar-refractivity contribution in [3.63, 3.8) is 0 Å². The number of aliphatic carboxylic acids is 1. The maximum absolute atomic E-state index is 12.9. The Labute approximate surface area is 110 Å². The fourth-order valence-electron chi connectivity index (χ4n) is 1.57. The highest BCUT2D eigenvalue weighted by Gasteiger charge is 2.13. The lowest BCUT2D eigenvalue weighted by atomic mass is 10.1. The van der Waals surface area contributed by atoms with Crippen LogP contribution in [0.15, 0.2) is 24.3 Å². The summed E-state index contributed by atoms with van der Waals surface area (Å²) in [4.78, 5) is 22.1. The largest absolute Gasteiger partial charge is 0.481 e. The van der Waals surface area contributed by atoms with Crippen LogP contribution in [0.1, 0.15) is 25.3 Å². The molecule has 0 bridgehead atoms. The maximum Gasteiger partial charge on any atom is 0.315 e. The van der Waals surface area contributed by atoms with Gasteiger partial charge in [0.1, 0.15) is 5.82 Å². The van der Waals surface area contributed by atoms with E-state index in [-0.39, 0.29) is 18.8 Å². The molecule has 1 rings (SSSR count). The van der Waals surface area contributed by atoms with Gasteiger partial charge in [-0.1, -0.05) is 19.1 Å². The SMILES string of the molecule is CCC(CC(=O)O)NC(=O)NCc1cccc(F)c1. The molecule has 5 nitrogen and oxygen atoms in total. The number of hydrogen-bond donors (Lipinski definition) is 3. The van der Waals surface area contributed by atoms with E-state index < -0.39 is 18.0 Å². The lowest BCUT2D eigenvalue weighted by Gasteiger charge is -2.15. The van der Waals surface area contributed by atoms with Crippen molar-refractivity contribution in [2.24, 2.45) is 0 Å². The van der Waals surface area contributed by atoms with Gasteiger partial charge in [0, 0.05) is 12.6 Å². The Morgan fingerprint density at radius 2 is 2.16 bits per heavy atom. The normalized spacial score (nSPS) is 11.7. The zero-order valence-corrected chi connectivity index (χ0v) is 10.6. The van der Waals surface area contributed by atoms with E-state index in [9.17, 15) is 14.0 Å². The predicted molar refractivity (Wildman–Crippen MR) is 68.1 cm³/mol. The van der Waals surface area contributed by atoms with E-state index in [1.54, 1.807) is 19.1 Å². The number of benzene rings is 1. The molecule has 2 amide bonds. The molecule has 3 N–H and O–H groups in total. The molecule has 0 aliphatic rings. The number of halogens is 1. The first-order valence-corrected chi connectivity index (χ1v) is 6.02. The molecule has 1 aromatic rings. The van der Waals surface area contributed by atoms with Crippen LogP contribution in [-0.4, -0.2) is 23.1 Å². The van der Waals surface area contributed by atoms with Gasteiger partial charge in [-0.15, -0.1) is 0 Å². The highest BCUT2D eigenvalue weighted by molar-refractivity contribution is 5.75. The van der Waals surface area contributed by atoms with E-state index >= 15 is 0 Å². The minimum Gasteiger partial charge on any atom is -0.481 e. The zero-order chi connectivity index (χ0) is 14.3. The van der Waals surface area contributed by atoms with E-state index in [1.807, 2.05) is 0 Å². The van der Waals surface area contributed by atoms with Gasteiger partial charge in [-0.2, -0.15) is 0 Å². The summed E-state index contributed by atoms with van der Waals surface area (Å²) in [6.07, 6.45) is 0.406. The van der Waals surface area contributed by atoms with Crippen LogP contribution in [0.25, 0.3) is 0 Å². The monoisotopic (exact) mass is 268 g/mol. The summed E-state index contributed by atoms with van der Waals surface area (Å²) < 4.78 is 12.9. The molecule has 0 heterocycles. The van der Waals surface area contributed by atoms with E-state index in [0.717, 1.165) is 0 Å². The molecule has 0 aliphatic carbocycles. The van der Waals surface area contributed by atoms with Gasteiger partial charge in [-0.05, 0) is 24.1 Å². The van der Waals surface area contributed by atoms with Crippen molar-refractivity contribution in [1.29, 1.82) is 0 Å². The van der Waals surface area contributed by atoms with E-state index in [4.69, 9.17) is 5.11 Å². The number of amides is 2. The number of carbonyl (C=O) groups excluding carboxylic acids is 1. The lowest BCUT2D eigenvalue weighted by Crippen LogP contribution is -2.42. The van der Waals surface area contributed by atoms with Gasteiger partial charge in [0.15, 0.2) is 0 Å². The molecule has 1 unspecified atom stereocenters. The Bertz CT molecular complexity index is 451. The summed E-state index contributed by atoms with van der Waals surface area (Å²) >= 11 is 0. The van der Waals surface area contributed by atoms with Crippen molar-refractivity contribution < 1.29 is 19.1 Å². The molecular weight excluding hydrogens is 251 g/mol. The van der Waals surface area contributed by atoms with Crippen LogP contribution in [0.4, 0.5) is 9.18 Å². The summed E-state index contributed by atoms with van der Waals surface area (Å²) in [7, 11) is 0. The van der Waals surface area contributed by atoms with Gasteiger partial charge in [-0.3, -0.25) is 4.79 Å². The Morgan fingerprint density at radius 3 is 2.74 bits per heavy atom. The third kappa shape index (κ3) is 5.85. The van der Waals surface area contributed by atoms with Crippen molar-refractivity contribution in [1.82, 2.24) is 10.6 Å². The Morgan fingerprint density at radius 1 is 1.42 bits per heavy atom. The van der Waals surface area contributed by atoms with Gasteiger partial charge >= 0.3 is 12.0 Å². The fraction of sp³-hybridized carbons (Fsp3) is 0.385. The van der Waals surface area contributed by atoms with Gasteiger partial charge in [-0.25, -0.2) is 9.18 Å². The van der Waals surface area contributed by atoms with Crippen molar-refractivity contribution in [3.05, 3.63) is 35.6 Å². The van der Waals surface area contributed by atoms with Crippen molar-refractivity contribution >= 4 is 12.0 Å². The molecule has 6 heteroatoms. The van der Waals surface area contributed by atoms with E-state index in [0.29, 0.717) is 12.0 Å². The molecule has 0 saturated carbocycles. The van der Waals surface area contributed by atoms with Gasteiger partial charge in [0.05, 0.1) is 6.42 Å². The third-order valence-corrected chi connectivity index (χ3v) is 2.59. The van der Waals surface area contributed by atoms with Crippen LogP contribution in [0.5, 0.6) is 0 Å². The lowest BCUT2D eigenvalue weighted by molar-refractivity contribution is -0.137. The van der Waals surface area contributed by atoms with Crippen LogP contribution in [0.3, 0.4) is 0 Å². The summed E-state index contributed by atoms with van der Waals surface area (Å²) in [6, 6.07) is 5.03. The molecule has 19 heavy (non-hydrogen) atoms. The van der Waals surface area contributed by atoms with Crippen molar-refractivity contribution in [2.45, 2.75) is 32.4 Å². The zero-order valence-electron chi connectivity index (χ0n) is 10.6. The molecule has 0 aromatic heterocycles. The quantitative estimate of drug-likeness (QED) is 0.737. The standard InChI is InChI=1S/C13H17FN2O3/c1-2-11(7-12(17)18)16-13(19)15-8-9-4-3-5-10(14)6-9/h3-6,11H,2,7-8H2,1H3,(H,17,18)(H2,15,16,19). The smallest absolute Gasteiger partial charge is 0.315 e. The Balaban J connectivity index is 2.40. The molecule has 0 spiro atoms. The summed E-state index contributed by atoms with van der Waals surface area (Å²) in [6.45, 7) is 1.98. The second kappa shape index (κ2) is 7.35. The second-order valence-corrected chi connectivity index (χ2v) is 4.16. The average Bonchev–Trinajstić information content (AvgIpc) is 2.35. The first kappa shape index (κ1) is 14.9. The number of urea groups is 1. The first-order valence-electron chi connectivity index (χ1n) is 6.02. The number of carboxylic acid groups (broad SMARTS) is 1. The fourth-order valence-corrected chi connectivity index (χ4v) is 1.57. The molecule has 104 valence electrons. The van der Waals surface area contributed by atoms with E-state index in [1.165, 1.54) is 12.1 Å². The number of nitrogens with one attached hydrogen (secondary N) is 2. The topological polar surface area (TPSA) is 78.4 Å². The molecule has 0 saturated heterocycles. The molecule has 0 aliphatic heterocycles. The number of carboxylic acids is 1. The number of rotatable bonds is 6. The molecule has 1 aromatic carbocycles. The Hall–Kier alpha value is -2.11. The third-order valence-electron chi connectivity index (χ3n) is 2.59. The summed E-state index contributed by atoms with van der Waals surface area (Å²) in [5.74, 6) is -1.32. The van der Waals surface area contributed by atoms with Crippen molar-refractivity contribution in [3.8, 4) is 0 Å². The average molecular weight is 268 g/mol. The summed E-state index contributed by atoms with van der Waals surface area (Å²) in [5.41, 5.74) is 0.640. The number of carbonyl (C=O) groups is 2. The highest BCUT2D eigenvalue weighted by atomic mass is 19.1.